The lowest BCUT2D eigenvalue weighted by Crippen LogP contribution is -2.09. The van der Waals surface area contributed by atoms with Crippen LogP contribution < -0.4 is 0 Å². The Bertz CT molecular complexity index is 590. The van der Waals surface area contributed by atoms with Crippen LogP contribution in [0, 0.1) is 13.8 Å². The third kappa shape index (κ3) is 4.09. The van der Waals surface area contributed by atoms with E-state index in [2.05, 4.69) is 43.6 Å². The third-order valence-electron chi connectivity index (χ3n) is 4.56. The van der Waals surface area contributed by atoms with E-state index in [0.29, 0.717) is 12.3 Å². The van der Waals surface area contributed by atoms with Crippen LogP contribution >= 0.6 is 0 Å². The predicted octanol–water partition coefficient (Wildman–Crippen LogP) is 5.41. The van der Waals surface area contributed by atoms with E-state index in [4.69, 9.17) is 0 Å². The average molecular weight is 297 g/mol. The van der Waals surface area contributed by atoms with Gasteiger partial charge in [-0.2, -0.15) is 0 Å². The van der Waals surface area contributed by atoms with Crippen molar-refractivity contribution in [3.8, 4) is 0 Å². The van der Waals surface area contributed by atoms with Gasteiger partial charge in [0.1, 0.15) is 6.29 Å². The summed E-state index contributed by atoms with van der Waals surface area (Å²) in [4.78, 5) is 14.4. The van der Waals surface area contributed by atoms with E-state index < -0.39 is 0 Å². The van der Waals surface area contributed by atoms with E-state index in [1.165, 1.54) is 48.8 Å². The van der Waals surface area contributed by atoms with E-state index >= 15 is 0 Å². The van der Waals surface area contributed by atoms with Crippen molar-refractivity contribution in [2.75, 3.05) is 0 Å². The summed E-state index contributed by atoms with van der Waals surface area (Å²) >= 11 is 0. The molecule has 0 saturated heterocycles. The van der Waals surface area contributed by atoms with Crippen LogP contribution in [0.25, 0.3) is 5.57 Å². The zero-order valence-corrected chi connectivity index (χ0v) is 13.8. The second kappa shape index (κ2) is 7.98. The zero-order valence-electron chi connectivity index (χ0n) is 13.8. The lowest BCUT2D eigenvalue weighted by molar-refractivity contribution is -0.107. The first kappa shape index (κ1) is 16.5. The SMILES string of the molecule is C=C(CC=O)c1[nH]ccc(C)ccc(C)c1C1CCCCC1. The molecule has 1 aliphatic carbocycles. The van der Waals surface area contributed by atoms with Gasteiger partial charge in [0.15, 0.2) is 0 Å². The summed E-state index contributed by atoms with van der Waals surface area (Å²) in [6.45, 7) is 8.41. The Kier molecular flexibility index (Phi) is 6.00. The highest BCUT2D eigenvalue weighted by Gasteiger charge is 2.20. The molecular formula is C20H27NO. The van der Waals surface area contributed by atoms with Crippen LogP contribution in [-0.4, -0.2) is 11.3 Å². The first-order valence-corrected chi connectivity index (χ1v) is 8.28. The highest BCUT2D eigenvalue weighted by atomic mass is 16.1. The van der Waals surface area contributed by atoms with Crippen molar-refractivity contribution in [2.45, 2.75) is 58.3 Å². The van der Waals surface area contributed by atoms with Gasteiger partial charge in [0.05, 0.1) is 0 Å². The molecule has 0 bridgehead atoms. The third-order valence-corrected chi connectivity index (χ3v) is 4.56. The summed E-state index contributed by atoms with van der Waals surface area (Å²) < 4.78 is 0. The normalized spacial score (nSPS) is 15.2. The number of aldehydes is 1. The molecule has 22 heavy (non-hydrogen) atoms. The number of aryl methyl sites for hydroxylation is 2. The number of carbonyl (C=O) groups excluding carboxylic acids is 1. The minimum Gasteiger partial charge on any atom is -0.361 e. The van der Waals surface area contributed by atoms with Gasteiger partial charge in [-0.1, -0.05) is 38.0 Å². The monoisotopic (exact) mass is 297 g/mol. The summed E-state index contributed by atoms with van der Waals surface area (Å²) in [7, 11) is 0. The van der Waals surface area contributed by atoms with Crippen LogP contribution in [0.5, 0.6) is 0 Å². The molecule has 118 valence electrons. The molecule has 1 heterocycles. The van der Waals surface area contributed by atoms with Gasteiger partial charge >= 0.3 is 0 Å². The Labute approximate surface area is 134 Å². The fraction of sp³-hybridized carbons (Fsp3) is 0.450. The van der Waals surface area contributed by atoms with Gasteiger partial charge in [-0.05, 0) is 60.9 Å². The number of rotatable bonds is 4. The molecule has 0 unspecified atom stereocenters. The van der Waals surface area contributed by atoms with Crippen LogP contribution in [0.15, 0.2) is 31.0 Å². The molecule has 0 aliphatic heterocycles. The molecule has 0 radical (unpaired) electrons. The topological polar surface area (TPSA) is 32.9 Å². The number of carbonyl (C=O) groups is 1. The van der Waals surface area contributed by atoms with E-state index in [9.17, 15) is 4.79 Å². The summed E-state index contributed by atoms with van der Waals surface area (Å²) in [5.41, 5.74) is 5.77. The molecule has 0 spiro atoms. The number of nitrogens with one attached hydrogen (secondary N) is 1. The highest BCUT2D eigenvalue weighted by molar-refractivity contribution is 5.75. The van der Waals surface area contributed by atoms with Gasteiger partial charge in [-0.25, -0.2) is 0 Å². The highest BCUT2D eigenvalue weighted by Crippen LogP contribution is 2.37. The fourth-order valence-corrected chi connectivity index (χ4v) is 3.35. The van der Waals surface area contributed by atoms with Crippen molar-refractivity contribution in [1.82, 2.24) is 4.98 Å². The molecule has 1 aromatic rings. The molecule has 2 nitrogen and oxygen atoms in total. The Morgan fingerprint density at radius 1 is 1.23 bits per heavy atom. The average Bonchev–Trinajstić information content (AvgIpc) is 2.59. The van der Waals surface area contributed by atoms with E-state index in [1.54, 1.807) is 0 Å². The lowest BCUT2D eigenvalue weighted by Gasteiger charge is -2.25. The molecular weight excluding hydrogens is 270 g/mol. The quantitative estimate of drug-likeness (QED) is 0.741. The summed E-state index contributed by atoms with van der Waals surface area (Å²) in [6, 6.07) is 6.41. The summed E-state index contributed by atoms with van der Waals surface area (Å²) in [6.07, 6.45) is 9.66. The van der Waals surface area contributed by atoms with Crippen molar-refractivity contribution in [2.24, 2.45) is 0 Å². The van der Waals surface area contributed by atoms with Gasteiger partial charge < -0.3 is 9.78 Å². The van der Waals surface area contributed by atoms with Gasteiger partial charge in [-0.3, -0.25) is 0 Å². The smallest absolute Gasteiger partial charge is 0.124 e. The van der Waals surface area contributed by atoms with E-state index in [-0.39, 0.29) is 0 Å². The van der Waals surface area contributed by atoms with Crippen LogP contribution in [0.3, 0.4) is 0 Å². The molecule has 1 saturated carbocycles. The van der Waals surface area contributed by atoms with Crippen molar-refractivity contribution in [3.05, 3.63) is 53.4 Å². The van der Waals surface area contributed by atoms with E-state index in [1.807, 2.05) is 6.20 Å². The molecule has 1 aliphatic rings. The summed E-state index contributed by atoms with van der Waals surface area (Å²) in [5.74, 6) is 0.566. The van der Waals surface area contributed by atoms with Crippen LogP contribution in [-0.2, 0) is 4.79 Å². The van der Waals surface area contributed by atoms with Gasteiger partial charge in [0, 0.05) is 18.3 Å². The maximum absolute atomic E-state index is 10.9. The summed E-state index contributed by atoms with van der Waals surface area (Å²) in [5, 5.41) is 0. The number of hydrogen-bond acceptors (Lipinski definition) is 1. The minimum absolute atomic E-state index is 0.381. The Morgan fingerprint density at radius 3 is 2.64 bits per heavy atom. The zero-order chi connectivity index (χ0) is 15.9. The van der Waals surface area contributed by atoms with Crippen molar-refractivity contribution >= 4 is 11.9 Å². The molecule has 2 rings (SSSR count). The number of allylic oxidation sites excluding steroid dienone is 1. The standard InChI is InChI=1S/C20H27NO/c1-15-9-10-16(2)19(18-7-5-4-6-8-18)20(21-13-11-15)17(3)12-14-22/h9-11,13-14,18,21H,3-8,12H2,1-2H3. The maximum Gasteiger partial charge on any atom is 0.124 e. The maximum atomic E-state index is 10.9. The fourth-order valence-electron chi connectivity index (χ4n) is 3.35. The Morgan fingerprint density at radius 2 is 1.95 bits per heavy atom. The van der Waals surface area contributed by atoms with Crippen molar-refractivity contribution in [3.63, 3.8) is 0 Å². The number of H-pyrrole nitrogens is 1. The molecule has 2 heteroatoms. The van der Waals surface area contributed by atoms with Gasteiger partial charge in [0.25, 0.3) is 0 Å². The minimum atomic E-state index is 0.381. The molecule has 0 atom stereocenters. The second-order valence-corrected chi connectivity index (χ2v) is 6.34. The van der Waals surface area contributed by atoms with Crippen molar-refractivity contribution < 1.29 is 4.79 Å². The largest absolute Gasteiger partial charge is 0.361 e. The van der Waals surface area contributed by atoms with Crippen molar-refractivity contribution in [1.29, 1.82) is 0 Å². The first-order chi connectivity index (χ1) is 10.6. The predicted molar refractivity (Wildman–Crippen MR) is 93.4 cm³/mol. The molecule has 0 amide bonds. The Hall–Kier alpha value is -1.83. The lowest BCUT2D eigenvalue weighted by atomic mass is 9.81. The number of aromatic nitrogens is 1. The van der Waals surface area contributed by atoms with Crippen LogP contribution in [0.2, 0.25) is 0 Å². The second-order valence-electron chi connectivity index (χ2n) is 6.34. The molecule has 1 N–H and O–H groups in total. The van der Waals surface area contributed by atoms with Crippen LogP contribution in [0.4, 0.5) is 0 Å². The molecule has 1 aromatic heterocycles. The van der Waals surface area contributed by atoms with Crippen LogP contribution in [0.1, 0.15) is 66.8 Å². The van der Waals surface area contributed by atoms with Gasteiger partial charge in [-0.15, -0.1) is 0 Å². The van der Waals surface area contributed by atoms with E-state index in [0.717, 1.165) is 17.6 Å². The number of aromatic amines is 1. The van der Waals surface area contributed by atoms with Gasteiger partial charge in [0.2, 0.25) is 0 Å². The Balaban J connectivity index is 2.63. The molecule has 1 fully saturated rings. The first-order valence-electron chi connectivity index (χ1n) is 8.28. The number of hydrogen-bond donors (Lipinski definition) is 1. The molecule has 0 aromatic carbocycles.